The monoisotopic (exact) mass is 279 g/mol. The highest BCUT2D eigenvalue weighted by Crippen LogP contribution is 2.22. The number of hydrogen-bond donors (Lipinski definition) is 1. The van der Waals surface area contributed by atoms with Gasteiger partial charge in [0.1, 0.15) is 11.6 Å². The topological polar surface area (TPSA) is 69.5 Å². The Morgan fingerprint density at radius 2 is 2.11 bits per heavy atom. The summed E-state index contributed by atoms with van der Waals surface area (Å²) >= 11 is 1.17. The molecule has 2 rings (SSSR count). The van der Waals surface area contributed by atoms with E-state index in [0.717, 1.165) is 12.1 Å². The van der Waals surface area contributed by atoms with Crippen LogP contribution < -0.4 is 5.56 Å². The predicted octanol–water partition coefficient (Wildman–Crippen LogP) is 2.31. The van der Waals surface area contributed by atoms with Crippen LogP contribution in [0, 0.1) is 23.0 Å². The fraction of sp³-hybridized carbons (Fsp3) is 0.0833. The summed E-state index contributed by atoms with van der Waals surface area (Å²) in [5.41, 5.74) is -0.628. The molecule has 0 radical (unpaired) electrons. The normalized spacial score (nSPS) is 10.2. The molecule has 1 aromatic carbocycles. The van der Waals surface area contributed by atoms with Crippen molar-refractivity contribution in [1.29, 1.82) is 5.26 Å². The Balaban J connectivity index is 2.73. The first-order chi connectivity index (χ1) is 9.06. The van der Waals surface area contributed by atoms with Crippen LogP contribution >= 0.6 is 11.8 Å². The molecule has 0 unspecified atom stereocenters. The molecular formula is C12H7F2N3OS. The average molecular weight is 279 g/mol. The number of aromatic nitrogens is 2. The highest BCUT2D eigenvalue weighted by atomic mass is 32.2. The van der Waals surface area contributed by atoms with E-state index >= 15 is 0 Å². The number of hydrogen-bond acceptors (Lipinski definition) is 4. The van der Waals surface area contributed by atoms with Gasteiger partial charge < -0.3 is 4.98 Å². The molecule has 0 aliphatic rings. The molecule has 0 spiro atoms. The van der Waals surface area contributed by atoms with Crippen molar-refractivity contribution in [3.63, 3.8) is 0 Å². The maximum absolute atomic E-state index is 13.2. The summed E-state index contributed by atoms with van der Waals surface area (Å²) in [5, 5.41) is 9.26. The third-order valence-corrected chi connectivity index (χ3v) is 2.98. The van der Waals surface area contributed by atoms with Crippen molar-refractivity contribution in [1.82, 2.24) is 9.97 Å². The molecule has 96 valence electrons. The van der Waals surface area contributed by atoms with Crippen molar-refractivity contribution in [3.8, 4) is 17.3 Å². The predicted molar refractivity (Wildman–Crippen MR) is 66.7 cm³/mol. The maximum Gasteiger partial charge on any atom is 0.270 e. The van der Waals surface area contributed by atoms with Crippen LogP contribution in [-0.4, -0.2) is 16.2 Å². The van der Waals surface area contributed by atoms with Crippen LogP contribution in [0.15, 0.2) is 28.2 Å². The number of benzene rings is 1. The van der Waals surface area contributed by atoms with E-state index in [0.29, 0.717) is 5.16 Å². The van der Waals surface area contributed by atoms with Gasteiger partial charge in [-0.05, 0) is 24.5 Å². The SMILES string of the molecule is CSc1nc(-c2ccc(F)c(F)c2)c(C#N)c(=O)[nH]1. The second-order valence-corrected chi connectivity index (χ2v) is 4.33. The summed E-state index contributed by atoms with van der Waals surface area (Å²) in [4.78, 5) is 18.2. The lowest BCUT2D eigenvalue weighted by Crippen LogP contribution is -2.14. The van der Waals surface area contributed by atoms with Crippen molar-refractivity contribution in [2.45, 2.75) is 5.16 Å². The highest BCUT2D eigenvalue weighted by molar-refractivity contribution is 7.98. The van der Waals surface area contributed by atoms with Crippen molar-refractivity contribution in [2.24, 2.45) is 0 Å². The summed E-state index contributed by atoms with van der Waals surface area (Å²) in [6, 6.07) is 4.81. The second kappa shape index (κ2) is 5.20. The zero-order valence-electron chi connectivity index (χ0n) is 9.70. The Morgan fingerprint density at radius 1 is 1.37 bits per heavy atom. The third kappa shape index (κ3) is 2.48. The molecule has 4 nitrogen and oxygen atoms in total. The second-order valence-electron chi connectivity index (χ2n) is 3.54. The van der Waals surface area contributed by atoms with Crippen molar-refractivity contribution < 1.29 is 8.78 Å². The molecule has 0 fully saturated rings. The van der Waals surface area contributed by atoms with Crippen molar-refractivity contribution in [3.05, 3.63) is 45.8 Å². The van der Waals surface area contributed by atoms with E-state index in [1.165, 1.54) is 17.8 Å². The lowest BCUT2D eigenvalue weighted by atomic mass is 10.1. The molecule has 0 amide bonds. The van der Waals surface area contributed by atoms with Gasteiger partial charge in [-0.1, -0.05) is 11.8 Å². The first-order valence-electron chi connectivity index (χ1n) is 5.10. The van der Waals surface area contributed by atoms with Gasteiger partial charge in [0.2, 0.25) is 0 Å². The minimum absolute atomic E-state index is 0.0366. The zero-order chi connectivity index (χ0) is 14.0. The fourth-order valence-corrected chi connectivity index (χ4v) is 1.88. The minimum Gasteiger partial charge on any atom is -0.300 e. The summed E-state index contributed by atoms with van der Waals surface area (Å²) < 4.78 is 26.1. The molecule has 0 atom stereocenters. The highest BCUT2D eigenvalue weighted by Gasteiger charge is 2.14. The molecule has 0 saturated heterocycles. The number of aromatic amines is 1. The number of nitrogens with one attached hydrogen (secondary N) is 1. The van der Waals surface area contributed by atoms with Gasteiger partial charge >= 0.3 is 0 Å². The summed E-state index contributed by atoms with van der Waals surface area (Å²) in [6.07, 6.45) is 1.69. The smallest absolute Gasteiger partial charge is 0.270 e. The first kappa shape index (κ1) is 13.2. The quantitative estimate of drug-likeness (QED) is 0.676. The average Bonchev–Trinajstić information content (AvgIpc) is 2.41. The van der Waals surface area contributed by atoms with Crippen LogP contribution in [0.4, 0.5) is 8.78 Å². The first-order valence-corrected chi connectivity index (χ1v) is 6.33. The van der Waals surface area contributed by atoms with E-state index in [9.17, 15) is 13.6 Å². The third-order valence-electron chi connectivity index (χ3n) is 2.40. The number of nitriles is 1. The molecule has 1 heterocycles. The number of nitrogens with zero attached hydrogens (tertiary/aromatic N) is 2. The van der Waals surface area contributed by atoms with Gasteiger partial charge in [-0.25, -0.2) is 13.8 Å². The Bertz CT molecular complexity index is 737. The van der Waals surface area contributed by atoms with Crippen LogP contribution in [0.25, 0.3) is 11.3 Å². The molecule has 1 aromatic heterocycles. The van der Waals surface area contributed by atoms with Gasteiger partial charge in [-0.15, -0.1) is 0 Å². The van der Waals surface area contributed by atoms with Gasteiger partial charge in [-0.3, -0.25) is 4.79 Å². The number of halogens is 2. The number of H-pyrrole nitrogens is 1. The minimum atomic E-state index is -1.06. The van der Waals surface area contributed by atoms with Gasteiger partial charge in [0, 0.05) is 5.56 Å². The number of thioether (sulfide) groups is 1. The Morgan fingerprint density at radius 3 is 2.68 bits per heavy atom. The lowest BCUT2D eigenvalue weighted by molar-refractivity contribution is 0.509. The summed E-state index contributed by atoms with van der Waals surface area (Å²) in [7, 11) is 0. The molecule has 1 N–H and O–H groups in total. The molecule has 0 aliphatic heterocycles. The van der Waals surface area contributed by atoms with Crippen LogP contribution in [0.3, 0.4) is 0 Å². The van der Waals surface area contributed by atoms with E-state index in [1.54, 1.807) is 12.3 Å². The Hall–Kier alpha value is -2.20. The van der Waals surface area contributed by atoms with Crippen LogP contribution in [-0.2, 0) is 0 Å². The molecule has 2 aromatic rings. The van der Waals surface area contributed by atoms with Gasteiger partial charge in [0.15, 0.2) is 16.8 Å². The van der Waals surface area contributed by atoms with E-state index < -0.39 is 17.2 Å². The molecule has 7 heteroatoms. The van der Waals surface area contributed by atoms with Gasteiger partial charge in [-0.2, -0.15) is 5.26 Å². The van der Waals surface area contributed by atoms with Crippen LogP contribution in [0.5, 0.6) is 0 Å². The lowest BCUT2D eigenvalue weighted by Gasteiger charge is -2.05. The summed E-state index contributed by atoms with van der Waals surface area (Å²) in [5.74, 6) is -2.06. The molecular weight excluding hydrogens is 272 g/mol. The maximum atomic E-state index is 13.2. The van der Waals surface area contributed by atoms with Gasteiger partial charge in [0.25, 0.3) is 5.56 Å². The molecule has 19 heavy (non-hydrogen) atoms. The standard InChI is InChI=1S/C12H7F2N3OS/c1-19-12-16-10(7(5-15)11(18)17-12)6-2-3-8(13)9(14)4-6/h2-4H,1H3,(H,16,17,18). The van der Waals surface area contributed by atoms with Crippen molar-refractivity contribution in [2.75, 3.05) is 6.26 Å². The molecule has 0 aliphatic carbocycles. The van der Waals surface area contributed by atoms with Crippen LogP contribution in [0.2, 0.25) is 0 Å². The zero-order valence-corrected chi connectivity index (χ0v) is 10.5. The van der Waals surface area contributed by atoms with Crippen LogP contribution in [0.1, 0.15) is 5.56 Å². The summed E-state index contributed by atoms with van der Waals surface area (Å²) in [6.45, 7) is 0. The fourth-order valence-electron chi connectivity index (χ4n) is 1.51. The van der Waals surface area contributed by atoms with Gasteiger partial charge in [0.05, 0.1) is 5.69 Å². The molecule has 0 bridgehead atoms. The molecule has 0 saturated carbocycles. The van der Waals surface area contributed by atoms with E-state index in [-0.39, 0.29) is 16.8 Å². The van der Waals surface area contributed by atoms with E-state index in [4.69, 9.17) is 5.26 Å². The van der Waals surface area contributed by atoms with E-state index in [1.807, 2.05) is 0 Å². The Labute approximate surface area is 111 Å². The Kier molecular flexibility index (Phi) is 3.62. The van der Waals surface area contributed by atoms with Crippen molar-refractivity contribution >= 4 is 11.8 Å². The largest absolute Gasteiger partial charge is 0.300 e. The number of rotatable bonds is 2. The van der Waals surface area contributed by atoms with E-state index in [2.05, 4.69) is 9.97 Å².